The highest BCUT2D eigenvalue weighted by atomic mass is 35.5. The number of benzene rings is 1. The first-order chi connectivity index (χ1) is 7.51. The van der Waals surface area contributed by atoms with E-state index < -0.39 is 11.4 Å². The summed E-state index contributed by atoms with van der Waals surface area (Å²) in [6.07, 6.45) is 2.26. The fourth-order valence-electron chi connectivity index (χ4n) is 1.62. The van der Waals surface area contributed by atoms with Crippen molar-refractivity contribution in [1.29, 1.82) is 0 Å². The van der Waals surface area contributed by atoms with Gasteiger partial charge in [0.1, 0.15) is 5.82 Å². The topological polar surface area (TPSA) is 55.1 Å². The summed E-state index contributed by atoms with van der Waals surface area (Å²) in [7, 11) is 0. The van der Waals surface area contributed by atoms with Crippen LogP contribution in [0.2, 0.25) is 5.02 Å². The molecule has 16 heavy (non-hydrogen) atoms. The number of carbonyl (C=O) groups is 1. The van der Waals surface area contributed by atoms with Gasteiger partial charge in [-0.15, -0.1) is 0 Å². The van der Waals surface area contributed by atoms with Gasteiger partial charge in [0.05, 0.1) is 16.2 Å². The zero-order valence-corrected chi connectivity index (χ0v) is 9.35. The Morgan fingerprint density at radius 3 is 2.75 bits per heavy atom. The molecule has 5 heteroatoms. The van der Waals surface area contributed by atoms with E-state index in [0.29, 0.717) is 17.9 Å². The SMILES string of the molecule is NC1(C(=O)Nc2cc(F)ccc2Cl)CCC1. The summed E-state index contributed by atoms with van der Waals surface area (Å²) in [6, 6.07) is 3.82. The minimum atomic E-state index is -0.810. The van der Waals surface area contributed by atoms with Crippen molar-refractivity contribution in [3.63, 3.8) is 0 Å². The lowest BCUT2D eigenvalue weighted by Crippen LogP contribution is -2.56. The molecule has 0 aliphatic heterocycles. The Hall–Kier alpha value is -1.13. The number of rotatable bonds is 2. The van der Waals surface area contributed by atoms with Crippen LogP contribution in [-0.4, -0.2) is 11.4 Å². The van der Waals surface area contributed by atoms with Crippen molar-refractivity contribution in [1.82, 2.24) is 0 Å². The molecular weight excluding hydrogens is 231 g/mol. The normalized spacial score (nSPS) is 17.7. The Bertz CT molecular complexity index is 432. The maximum Gasteiger partial charge on any atom is 0.244 e. The second kappa shape index (κ2) is 4.03. The van der Waals surface area contributed by atoms with Crippen LogP contribution in [0.5, 0.6) is 0 Å². The van der Waals surface area contributed by atoms with E-state index in [1.165, 1.54) is 18.2 Å². The van der Waals surface area contributed by atoms with Crippen molar-refractivity contribution >= 4 is 23.2 Å². The minimum absolute atomic E-state index is 0.267. The van der Waals surface area contributed by atoms with E-state index in [1.807, 2.05) is 0 Å². The molecule has 1 aliphatic carbocycles. The monoisotopic (exact) mass is 242 g/mol. The van der Waals surface area contributed by atoms with E-state index >= 15 is 0 Å². The van der Waals surface area contributed by atoms with Crippen LogP contribution in [0.15, 0.2) is 18.2 Å². The molecule has 86 valence electrons. The number of carbonyl (C=O) groups excluding carboxylic acids is 1. The highest BCUT2D eigenvalue weighted by Gasteiger charge is 2.40. The van der Waals surface area contributed by atoms with Gasteiger partial charge >= 0.3 is 0 Å². The van der Waals surface area contributed by atoms with Crippen LogP contribution < -0.4 is 11.1 Å². The third-order valence-corrected chi connectivity index (χ3v) is 3.20. The summed E-state index contributed by atoms with van der Waals surface area (Å²) in [4.78, 5) is 11.8. The molecule has 0 aromatic heterocycles. The van der Waals surface area contributed by atoms with Crippen molar-refractivity contribution < 1.29 is 9.18 Å². The second-order valence-electron chi connectivity index (χ2n) is 4.09. The fraction of sp³-hybridized carbons (Fsp3) is 0.364. The van der Waals surface area contributed by atoms with Gasteiger partial charge in [-0.3, -0.25) is 4.79 Å². The number of hydrogen-bond acceptors (Lipinski definition) is 2. The van der Waals surface area contributed by atoms with Crippen LogP contribution in [0, 0.1) is 5.82 Å². The molecule has 1 aliphatic rings. The molecule has 3 N–H and O–H groups in total. The van der Waals surface area contributed by atoms with Crippen LogP contribution in [-0.2, 0) is 4.79 Å². The van der Waals surface area contributed by atoms with E-state index in [1.54, 1.807) is 0 Å². The van der Waals surface area contributed by atoms with Gasteiger partial charge in [-0.25, -0.2) is 4.39 Å². The molecule has 1 saturated carbocycles. The molecule has 1 amide bonds. The zero-order valence-electron chi connectivity index (χ0n) is 8.59. The Balaban J connectivity index is 2.14. The maximum atomic E-state index is 12.9. The highest BCUT2D eigenvalue weighted by molar-refractivity contribution is 6.33. The number of anilines is 1. The van der Waals surface area contributed by atoms with E-state index in [-0.39, 0.29) is 11.6 Å². The molecule has 1 aromatic rings. The lowest BCUT2D eigenvalue weighted by atomic mass is 9.77. The fourth-order valence-corrected chi connectivity index (χ4v) is 1.79. The molecule has 0 atom stereocenters. The van der Waals surface area contributed by atoms with Gasteiger partial charge in [0.15, 0.2) is 0 Å². The van der Waals surface area contributed by atoms with E-state index in [4.69, 9.17) is 17.3 Å². The van der Waals surface area contributed by atoms with Gasteiger partial charge < -0.3 is 11.1 Å². The second-order valence-corrected chi connectivity index (χ2v) is 4.50. The third-order valence-electron chi connectivity index (χ3n) is 2.87. The number of amides is 1. The zero-order chi connectivity index (χ0) is 11.8. The van der Waals surface area contributed by atoms with E-state index in [2.05, 4.69) is 5.32 Å². The molecule has 2 rings (SSSR count). The van der Waals surface area contributed by atoms with Crippen molar-refractivity contribution in [2.24, 2.45) is 5.73 Å². The predicted molar refractivity (Wildman–Crippen MR) is 60.8 cm³/mol. The molecule has 0 heterocycles. The summed E-state index contributed by atoms with van der Waals surface area (Å²) in [6.45, 7) is 0. The summed E-state index contributed by atoms with van der Waals surface area (Å²) < 4.78 is 12.9. The van der Waals surface area contributed by atoms with Gasteiger partial charge in [0, 0.05) is 0 Å². The Morgan fingerprint density at radius 1 is 1.50 bits per heavy atom. The van der Waals surface area contributed by atoms with Crippen molar-refractivity contribution in [2.45, 2.75) is 24.8 Å². The summed E-state index contributed by atoms with van der Waals surface area (Å²) in [5.41, 5.74) is 5.29. The molecule has 3 nitrogen and oxygen atoms in total. The molecule has 1 aromatic carbocycles. The average molecular weight is 243 g/mol. The van der Waals surface area contributed by atoms with E-state index in [9.17, 15) is 9.18 Å². The first kappa shape index (κ1) is 11.4. The van der Waals surface area contributed by atoms with Crippen LogP contribution >= 0.6 is 11.6 Å². The van der Waals surface area contributed by atoms with Crippen LogP contribution in [0.3, 0.4) is 0 Å². The Morgan fingerprint density at radius 2 is 2.19 bits per heavy atom. The van der Waals surface area contributed by atoms with Gasteiger partial charge in [-0.05, 0) is 37.5 Å². The van der Waals surface area contributed by atoms with Crippen molar-refractivity contribution in [3.05, 3.63) is 29.0 Å². The molecule has 0 unspecified atom stereocenters. The largest absolute Gasteiger partial charge is 0.323 e. The van der Waals surface area contributed by atoms with Gasteiger partial charge in [-0.2, -0.15) is 0 Å². The average Bonchev–Trinajstić information content (AvgIpc) is 2.20. The smallest absolute Gasteiger partial charge is 0.244 e. The highest BCUT2D eigenvalue weighted by Crippen LogP contribution is 2.31. The van der Waals surface area contributed by atoms with Gasteiger partial charge in [0.2, 0.25) is 5.91 Å². The first-order valence-corrected chi connectivity index (χ1v) is 5.44. The Labute approximate surface area is 97.8 Å². The molecular formula is C11H12ClFN2O. The molecule has 0 spiro atoms. The number of nitrogens with one attached hydrogen (secondary N) is 1. The number of hydrogen-bond donors (Lipinski definition) is 2. The first-order valence-electron chi connectivity index (χ1n) is 5.07. The lowest BCUT2D eigenvalue weighted by Gasteiger charge is -2.36. The molecule has 0 saturated heterocycles. The third kappa shape index (κ3) is 2.03. The maximum absolute atomic E-state index is 12.9. The number of nitrogens with two attached hydrogens (primary N) is 1. The predicted octanol–water partition coefficient (Wildman–Crippen LogP) is 2.30. The standard InChI is InChI=1S/C11H12ClFN2O/c12-8-3-2-7(13)6-9(8)15-10(16)11(14)4-1-5-11/h2-3,6H,1,4-5,14H2,(H,15,16). The van der Waals surface area contributed by atoms with Crippen molar-refractivity contribution in [3.8, 4) is 0 Å². The van der Waals surface area contributed by atoms with Gasteiger partial charge in [-0.1, -0.05) is 11.6 Å². The van der Waals surface area contributed by atoms with E-state index in [0.717, 1.165) is 6.42 Å². The van der Waals surface area contributed by atoms with Crippen LogP contribution in [0.4, 0.5) is 10.1 Å². The summed E-state index contributed by atoms with van der Waals surface area (Å²) >= 11 is 5.83. The molecule has 1 fully saturated rings. The molecule has 0 bridgehead atoms. The summed E-state index contributed by atoms with van der Waals surface area (Å²) in [5, 5.41) is 2.86. The van der Waals surface area contributed by atoms with Crippen LogP contribution in [0.25, 0.3) is 0 Å². The number of halogens is 2. The summed E-state index contributed by atoms with van der Waals surface area (Å²) in [5.74, 6) is -0.745. The van der Waals surface area contributed by atoms with Crippen molar-refractivity contribution in [2.75, 3.05) is 5.32 Å². The lowest BCUT2D eigenvalue weighted by molar-refractivity contribution is -0.123. The Kier molecular flexibility index (Phi) is 2.86. The molecule has 0 radical (unpaired) electrons. The quantitative estimate of drug-likeness (QED) is 0.836. The van der Waals surface area contributed by atoms with Crippen LogP contribution in [0.1, 0.15) is 19.3 Å². The minimum Gasteiger partial charge on any atom is -0.323 e. The van der Waals surface area contributed by atoms with Gasteiger partial charge in [0.25, 0.3) is 0 Å².